The van der Waals surface area contributed by atoms with Crippen LogP contribution < -0.4 is 5.73 Å². The van der Waals surface area contributed by atoms with Gasteiger partial charge in [-0.25, -0.2) is 0 Å². The van der Waals surface area contributed by atoms with Gasteiger partial charge in [0.05, 0.1) is 6.04 Å². The Hall–Kier alpha value is -0.570. The molecule has 1 fully saturated rings. The maximum absolute atomic E-state index is 12.1. The third-order valence-corrected chi connectivity index (χ3v) is 3.64. The van der Waals surface area contributed by atoms with Crippen LogP contribution in [-0.4, -0.2) is 30.4 Å². The molecule has 0 spiro atoms. The summed E-state index contributed by atoms with van der Waals surface area (Å²) in [5.41, 5.74) is 6.03. The van der Waals surface area contributed by atoms with Crippen LogP contribution in [0.5, 0.6) is 0 Å². The number of hydrogen-bond acceptors (Lipinski definition) is 2. The van der Waals surface area contributed by atoms with Crippen LogP contribution in [0.2, 0.25) is 0 Å². The van der Waals surface area contributed by atoms with E-state index >= 15 is 0 Å². The van der Waals surface area contributed by atoms with Crippen LogP contribution in [0.15, 0.2) is 0 Å². The van der Waals surface area contributed by atoms with Crippen molar-refractivity contribution < 1.29 is 4.79 Å². The van der Waals surface area contributed by atoms with Gasteiger partial charge in [0.25, 0.3) is 0 Å². The van der Waals surface area contributed by atoms with Crippen molar-refractivity contribution in [2.24, 2.45) is 17.6 Å². The summed E-state index contributed by atoms with van der Waals surface area (Å²) >= 11 is 0. The first-order valence-electron chi connectivity index (χ1n) is 7.01. The van der Waals surface area contributed by atoms with E-state index in [1.165, 1.54) is 32.1 Å². The summed E-state index contributed by atoms with van der Waals surface area (Å²) in [6.07, 6.45) is 7.37. The molecule has 0 aromatic rings. The maximum atomic E-state index is 12.1. The van der Waals surface area contributed by atoms with Gasteiger partial charge >= 0.3 is 0 Å². The number of nitrogens with two attached hydrogens (primary N) is 1. The molecule has 0 aromatic heterocycles. The minimum atomic E-state index is -0.290. The highest BCUT2D eigenvalue weighted by atomic mass is 16.2. The summed E-state index contributed by atoms with van der Waals surface area (Å²) in [4.78, 5) is 13.8. The van der Waals surface area contributed by atoms with Crippen LogP contribution in [0.4, 0.5) is 0 Å². The van der Waals surface area contributed by atoms with Crippen molar-refractivity contribution in [2.45, 2.75) is 58.4 Å². The minimum absolute atomic E-state index is 0.115. The zero-order chi connectivity index (χ0) is 12.8. The standard InChI is InChI=1S/C14H28N2O/c1-11(2)10-16(3)14(17)13(15)9-12-7-5-4-6-8-12/h11-13H,4-10,15H2,1-3H3. The largest absolute Gasteiger partial charge is 0.344 e. The van der Waals surface area contributed by atoms with Crippen LogP contribution in [0.25, 0.3) is 0 Å². The molecule has 0 radical (unpaired) electrons. The summed E-state index contributed by atoms with van der Waals surface area (Å²) in [5.74, 6) is 1.30. The Morgan fingerprint density at radius 3 is 2.41 bits per heavy atom. The predicted molar refractivity (Wildman–Crippen MR) is 71.6 cm³/mol. The predicted octanol–water partition coefficient (Wildman–Crippen LogP) is 2.40. The fourth-order valence-corrected chi connectivity index (χ4v) is 2.80. The van der Waals surface area contributed by atoms with Crippen molar-refractivity contribution in [2.75, 3.05) is 13.6 Å². The second kappa shape index (κ2) is 7.00. The third-order valence-electron chi connectivity index (χ3n) is 3.64. The summed E-state index contributed by atoms with van der Waals surface area (Å²) < 4.78 is 0. The highest BCUT2D eigenvalue weighted by Gasteiger charge is 2.23. The van der Waals surface area contributed by atoms with E-state index in [1.54, 1.807) is 4.90 Å². The van der Waals surface area contributed by atoms with Gasteiger partial charge in [-0.3, -0.25) is 4.79 Å². The summed E-state index contributed by atoms with van der Waals surface area (Å²) in [6.45, 7) is 5.05. The SMILES string of the molecule is CC(C)CN(C)C(=O)C(N)CC1CCCCC1. The van der Waals surface area contributed by atoms with E-state index in [0.29, 0.717) is 11.8 Å². The Morgan fingerprint density at radius 2 is 1.88 bits per heavy atom. The van der Waals surface area contributed by atoms with Gasteiger partial charge in [0.2, 0.25) is 5.91 Å². The van der Waals surface area contributed by atoms with Gasteiger partial charge < -0.3 is 10.6 Å². The molecule has 1 aliphatic rings. The molecule has 0 saturated heterocycles. The summed E-state index contributed by atoms with van der Waals surface area (Å²) in [6, 6.07) is -0.290. The first-order valence-corrected chi connectivity index (χ1v) is 7.01. The molecular formula is C14H28N2O. The zero-order valence-corrected chi connectivity index (χ0v) is 11.6. The number of carbonyl (C=O) groups is 1. The van der Waals surface area contributed by atoms with E-state index in [2.05, 4.69) is 13.8 Å². The number of nitrogens with zero attached hydrogens (tertiary/aromatic N) is 1. The monoisotopic (exact) mass is 240 g/mol. The van der Waals surface area contributed by atoms with Crippen molar-refractivity contribution in [3.8, 4) is 0 Å². The normalized spacial score (nSPS) is 19.4. The second-order valence-electron chi connectivity index (χ2n) is 5.96. The number of amides is 1. The molecule has 1 saturated carbocycles. The highest BCUT2D eigenvalue weighted by Crippen LogP contribution is 2.27. The average Bonchev–Trinajstić information content (AvgIpc) is 2.28. The van der Waals surface area contributed by atoms with E-state index in [0.717, 1.165) is 13.0 Å². The van der Waals surface area contributed by atoms with Crippen LogP contribution in [0.3, 0.4) is 0 Å². The quantitative estimate of drug-likeness (QED) is 0.802. The number of rotatable bonds is 5. The smallest absolute Gasteiger partial charge is 0.239 e. The lowest BCUT2D eigenvalue weighted by atomic mass is 9.85. The Kier molecular flexibility index (Phi) is 5.96. The van der Waals surface area contributed by atoms with Crippen molar-refractivity contribution in [1.82, 2.24) is 4.90 Å². The number of likely N-dealkylation sites (N-methyl/N-ethyl adjacent to an activating group) is 1. The van der Waals surface area contributed by atoms with Crippen LogP contribution >= 0.6 is 0 Å². The van der Waals surface area contributed by atoms with Crippen LogP contribution in [0, 0.1) is 11.8 Å². The van der Waals surface area contributed by atoms with E-state index < -0.39 is 0 Å². The van der Waals surface area contributed by atoms with Crippen molar-refractivity contribution >= 4 is 5.91 Å². The van der Waals surface area contributed by atoms with Gasteiger partial charge in [0.15, 0.2) is 0 Å². The zero-order valence-electron chi connectivity index (χ0n) is 11.6. The first-order chi connectivity index (χ1) is 8.00. The van der Waals surface area contributed by atoms with E-state index in [-0.39, 0.29) is 11.9 Å². The highest BCUT2D eigenvalue weighted by molar-refractivity contribution is 5.81. The molecule has 3 heteroatoms. The molecule has 1 aliphatic carbocycles. The van der Waals surface area contributed by atoms with Crippen LogP contribution in [-0.2, 0) is 4.79 Å². The molecule has 3 nitrogen and oxygen atoms in total. The molecule has 100 valence electrons. The summed E-state index contributed by atoms with van der Waals surface area (Å²) in [7, 11) is 1.86. The molecule has 0 bridgehead atoms. The Morgan fingerprint density at radius 1 is 1.29 bits per heavy atom. The lowest BCUT2D eigenvalue weighted by Gasteiger charge is -2.27. The molecule has 1 amide bonds. The molecule has 1 unspecified atom stereocenters. The number of carbonyl (C=O) groups excluding carboxylic acids is 1. The van der Waals surface area contributed by atoms with Gasteiger partial charge in [0, 0.05) is 13.6 Å². The van der Waals surface area contributed by atoms with Gasteiger partial charge in [-0.2, -0.15) is 0 Å². The lowest BCUT2D eigenvalue weighted by Crippen LogP contribution is -2.44. The van der Waals surface area contributed by atoms with Crippen molar-refractivity contribution in [1.29, 1.82) is 0 Å². The Balaban J connectivity index is 2.34. The van der Waals surface area contributed by atoms with E-state index in [9.17, 15) is 4.79 Å². The van der Waals surface area contributed by atoms with Gasteiger partial charge in [-0.1, -0.05) is 46.0 Å². The van der Waals surface area contributed by atoms with E-state index in [1.807, 2.05) is 7.05 Å². The fourth-order valence-electron chi connectivity index (χ4n) is 2.80. The molecular weight excluding hydrogens is 212 g/mol. The van der Waals surface area contributed by atoms with E-state index in [4.69, 9.17) is 5.73 Å². The van der Waals surface area contributed by atoms with Gasteiger partial charge in [-0.15, -0.1) is 0 Å². The molecule has 0 heterocycles. The second-order valence-corrected chi connectivity index (χ2v) is 5.96. The molecule has 0 aliphatic heterocycles. The third kappa shape index (κ3) is 5.07. The topological polar surface area (TPSA) is 46.3 Å². The van der Waals surface area contributed by atoms with Crippen molar-refractivity contribution in [3.05, 3.63) is 0 Å². The molecule has 17 heavy (non-hydrogen) atoms. The van der Waals surface area contributed by atoms with Crippen LogP contribution in [0.1, 0.15) is 52.4 Å². The average molecular weight is 240 g/mol. The first kappa shape index (κ1) is 14.5. The summed E-state index contributed by atoms with van der Waals surface area (Å²) in [5, 5.41) is 0. The molecule has 0 aromatic carbocycles. The molecule has 1 atom stereocenters. The maximum Gasteiger partial charge on any atom is 0.239 e. The number of hydrogen-bond donors (Lipinski definition) is 1. The minimum Gasteiger partial charge on any atom is -0.344 e. The Labute approximate surface area is 106 Å². The lowest BCUT2D eigenvalue weighted by molar-refractivity contribution is -0.132. The Bertz CT molecular complexity index is 234. The molecule has 1 rings (SSSR count). The van der Waals surface area contributed by atoms with Gasteiger partial charge in [0.1, 0.15) is 0 Å². The van der Waals surface area contributed by atoms with Crippen molar-refractivity contribution in [3.63, 3.8) is 0 Å². The molecule has 2 N–H and O–H groups in total. The fraction of sp³-hybridized carbons (Fsp3) is 0.929. The van der Waals surface area contributed by atoms with Gasteiger partial charge in [-0.05, 0) is 18.3 Å².